The molecular weight excluding hydrogens is 366 g/mol. The number of nitrogens with zero attached hydrogens (tertiary/aromatic N) is 3. The van der Waals surface area contributed by atoms with Crippen LogP contribution >= 0.6 is 23.4 Å². The molecule has 0 aliphatic heterocycles. The Morgan fingerprint density at radius 1 is 1.08 bits per heavy atom. The van der Waals surface area contributed by atoms with Crippen LogP contribution in [0.2, 0.25) is 5.02 Å². The largest absolute Gasteiger partial charge is 0.494 e. The van der Waals surface area contributed by atoms with Crippen LogP contribution in [0.5, 0.6) is 5.75 Å². The summed E-state index contributed by atoms with van der Waals surface area (Å²) in [6, 6.07) is 17.9. The van der Waals surface area contributed by atoms with Crippen molar-refractivity contribution in [1.29, 1.82) is 0 Å². The molecule has 0 aliphatic rings. The number of fused-ring (bicyclic) bond motifs is 3. The molecule has 0 saturated heterocycles. The molecule has 0 saturated carbocycles. The molecule has 0 aliphatic carbocycles. The number of thioether (sulfide) groups is 1. The van der Waals surface area contributed by atoms with Crippen molar-refractivity contribution in [2.45, 2.75) is 18.5 Å². The average molecular weight is 384 g/mol. The van der Waals surface area contributed by atoms with Crippen LogP contribution in [0.1, 0.15) is 12.0 Å². The standard InChI is InChI=1S/C20H18ClN3OS/c1-14-13-19-22-23-20(24(19)18-6-3-2-5-17(14)18)26-12-4-11-25-16-9-7-15(21)8-10-16/h2-3,5-10,13H,4,11-12H2,1H3. The van der Waals surface area contributed by atoms with Gasteiger partial charge < -0.3 is 4.74 Å². The Labute approximate surface area is 161 Å². The molecule has 0 bridgehead atoms. The first-order valence-corrected chi connectivity index (χ1v) is 9.83. The molecule has 4 nitrogen and oxygen atoms in total. The normalized spacial score (nSPS) is 11.3. The molecule has 0 N–H and O–H groups in total. The van der Waals surface area contributed by atoms with Gasteiger partial charge in [-0.25, -0.2) is 0 Å². The topological polar surface area (TPSA) is 39.4 Å². The monoisotopic (exact) mass is 383 g/mol. The van der Waals surface area contributed by atoms with Crippen molar-refractivity contribution in [3.63, 3.8) is 0 Å². The molecule has 132 valence electrons. The van der Waals surface area contributed by atoms with Crippen molar-refractivity contribution in [2.75, 3.05) is 12.4 Å². The third kappa shape index (κ3) is 3.50. The average Bonchev–Trinajstić information content (AvgIpc) is 3.06. The minimum Gasteiger partial charge on any atom is -0.494 e. The maximum atomic E-state index is 5.88. The van der Waals surface area contributed by atoms with Gasteiger partial charge in [0.25, 0.3) is 0 Å². The van der Waals surface area contributed by atoms with E-state index in [-0.39, 0.29) is 0 Å². The molecule has 0 atom stereocenters. The highest BCUT2D eigenvalue weighted by Crippen LogP contribution is 2.26. The predicted molar refractivity (Wildman–Crippen MR) is 108 cm³/mol. The van der Waals surface area contributed by atoms with Gasteiger partial charge in [0, 0.05) is 16.2 Å². The predicted octanol–water partition coefficient (Wildman–Crippen LogP) is 5.41. The molecule has 0 radical (unpaired) electrons. The maximum Gasteiger partial charge on any atom is 0.196 e. The van der Waals surface area contributed by atoms with Gasteiger partial charge in [-0.1, -0.05) is 41.6 Å². The molecule has 2 aromatic heterocycles. The van der Waals surface area contributed by atoms with Gasteiger partial charge in [0.2, 0.25) is 0 Å². The third-order valence-corrected chi connectivity index (χ3v) is 5.44. The first-order chi connectivity index (χ1) is 12.7. The second-order valence-electron chi connectivity index (χ2n) is 6.03. The van der Waals surface area contributed by atoms with Gasteiger partial charge in [-0.3, -0.25) is 4.40 Å². The number of aromatic nitrogens is 3. The van der Waals surface area contributed by atoms with Crippen molar-refractivity contribution in [1.82, 2.24) is 14.6 Å². The summed E-state index contributed by atoms with van der Waals surface area (Å²) in [5.41, 5.74) is 3.25. The Morgan fingerprint density at radius 3 is 2.73 bits per heavy atom. The van der Waals surface area contributed by atoms with E-state index in [9.17, 15) is 0 Å². The SMILES string of the molecule is Cc1cc2nnc(SCCCOc3ccc(Cl)cc3)n2c2ccccc12. The van der Waals surface area contributed by atoms with Gasteiger partial charge in [0.1, 0.15) is 5.75 Å². The summed E-state index contributed by atoms with van der Waals surface area (Å²) in [5, 5.41) is 11.6. The molecule has 0 fully saturated rings. The van der Waals surface area contributed by atoms with Crippen molar-refractivity contribution in [2.24, 2.45) is 0 Å². The summed E-state index contributed by atoms with van der Waals surface area (Å²) < 4.78 is 7.87. The molecule has 2 heterocycles. The number of ether oxygens (including phenoxy) is 1. The molecule has 0 amide bonds. The second-order valence-corrected chi connectivity index (χ2v) is 7.52. The highest BCUT2D eigenvalue weighted by atomic mass is 35.5. The Kier molecular flexibility index (Phi) is 5.00. The van der Waals surface area contributed by atoms with Crippen LogP contribution in [0.15, 0.2) is 59.8 Å². The van der Waals surface area contributed by atoms with Crippen LogP contribution in [-0.4, -0.2) is 27.0 Å². The first-order valence-electron chi connectivity index (χ1n) is 8.47. The number of halogens is 1. The van der Waals surface area contributed by atoms with E-state index >= 15 is 0 Å². The van der Waals surface area contributed by atoms with Crippen LogP contribution in [-0.2, 0) is 0 Å². The smallest absolute Gasteiger partial charge is 0.196 e. The zero-order valence-electron chi connectivity index (χ0n) is 14.4. The molecule has 4 rings (SSSR count). The molecule has 4 aromatic rings. The van der Waals surface area contributed by atoms with Crippen LogP contribution in [0.3, 0.4) is 0 Å². The number of hydrogen-bond acceptors (Lipinski definition) is 4. The molecule has 6 heteroatoms. The zero-order valence-corrected chi connectivity index (χ0v) is 15.9. The summed E-state index contributed by atoms with van der Waals surface area (Å²) in [6.07, 6.45) is 0.923. The van der Waals surface area contributed by atoms with Gasteiger partial charge in [0.15, 0.2) is 10.8 Å². The highest BCUT2D eigenvalue weighted by molar-refractivity contribution is 7.99. The van der Waals surface area contributed by atoms with Crippen molar-refractivity contribution in [3.8, 4) is 5.75 Å². The lowest BCUT2D eigenvalue weighted by Crippen LogP contribution is -1.99. The Balaban J connectivity index is 1.43. The summed E-state index contributed by atoms with van der Waals surface area (Å²) in [7, 11) is 0. The summed E-state index contributed by atoms with van der Waals surface area (Å²) in [6.45, 7) is 2.77. The van der Waals surface area contributed by atoms with Crippen LogP contribution < -0.4 is 4.74 Å². The van der Waals surface area contributed by atoms with E-state index in [1.54, 1.807) is 11.8 Å². The Bertz CT molecular complexity index is 1050. The number of rotatable bonds is 6. The van der Waals surface area contributed by atoms with E-state index < -0.39 is 0 Å². The summed E-state index contributed by atoms with van der Waals surface area (Å²) in [5.74, 6) is 1.75. The van der Waals surface area contributed by atoms with E-state index in [0.29, 0.717) is 11.6 Å². The maximum absolute atomic E-state index is 5.88. The molecule has 26 heavy (non-hydrogen) atoms. The lowest BCUT2D eigenvalue weighted by atomic mass is 10.1. The molecule has 2 aromatic carbocycles. The molecule has 0 spiro atoms. The number of benzene rings is 2. The van der Waals surface area contributed by atoms with Crippen molar-refractivity contribution >= 4 is 39.9 Å². The molecular formula is C20H18ClN3OS. The fourth-order valence-corrected chi connectivity index (χ4v) is 3.90. The lowest BCUT2D eigenvalue weighted by molar-refractivity contribution is 0.318. The fraction of sp³-hybridized carbons (Fsp3) is 0.200. The molecule has 0 unspecified atom stereocenters. The summed E-state index contributed by atoms with van der Waals surface area (Å²) in [4.78, 5) is 0. The summed E-state index contributed by atoms with van der Waals surface area (Å²) >= 11 is 7.58. The lowest BCUT2D eigenvalue weighted by Gasteiger charge is -2.08. The van der Waals surface area contributed by atoms with Gasteiger partial charge >= 0.3 is 0 Å². The van der Waals surface area contributed by atoms with E-state index in [1.165, 1.54) is 10.9 Å². The number of pyridine rings is 1. The van der Waals surface area contributed by atoms with Crippen molar-refractivity contribution < 1.29 is 4.74 Å². The van der Waals surface area contributed by atoms with E-state index in [2.05, 4.69) is 51.9 Å². The Morgan fingerprint density at radius 2 is 1.88 bits per heavy atom. The van der Waals surface area contributed by atoms with E-state index in [1.807, 2.05) is 24.3 Å². The van der Waals surface area contributed by atoms with Gasteiger partial charge in [-0.05, 0) is 55.3 Å². The van der Waals surface area contributed by atoms with Gasteiger partial charge in [0.05, 0.1) is 12.1 Å². The van der Waals surface area contributed by atoms with Crippen LogP contribution in [0.25, 0.3) is 16.6 Å². The fourth-order valence-electron chi connectivity index (χ4n) is 2.91. The zero-order chi connectivity index (χ0) is 17.9. The minimum absolute atomic E-state index is 0.658. The second kappa shape index (κ2) is 7.56. The quantitative estimate of drug-likeness (QED) is 0.330. The number of aryl methyl sites for hydroxylation is 1. The number of hydrogen-bond donors (Lipinski definition) is 0. The van der Waals surface area contributed by atoms with Gasteiger partial charge in [-0.2, -0.15) is 0 Å². The Hall–Kier alpha value is -2.24. The van der Waals surface area contributed by atoms with E-state index in [4.69, 9.17) is 16.3 Å². The van der Waals surface area contributed by atoms with Gasteiger partial charge in [-0.15, -0.1) is 10.2 Å². The van der Waals surface area contributed by atoms with E-state index in [0.717, 1.165) is 34.2 Å². The van der Waals surface area contributed by atoms with Crippen molar-refractivity contribution in [3.05, 3.63) is 65.2 Å². The van der Waals surface area contributed by atoms with Crippen LogP contribution in [0.4, 0.5) is 0 Å². The minimum atomic E-state index is 0.658. The first kappa shape index (κ1) is 17.2. The van der Waals surface area contributed by atoms with Crippen LogP contribution in [0, 0.1) is 6.92 Å². The third-order valence-electron chi connectivity index (χ3n) is 4.18. The highest BCUT2D eigenvalue weighted by Gasteiger charge is 2.11. The number of para-hydroxylation sites is 1.